The Bertz CT molecular complexity index is 1360. The van der Waals surface area contributed by atoms with Crippen molar-refractivity contribution < 1.29 is 4.79 Å². The summed E-state index contributed by atoms with van der Waals surface area (Å²) in [6, 6.07) is 14.6. The van der Waals surface area contributed by atoms with Crippen LogP contribution in [0.2, 0.25) is 0 Å². The van der Waals surface area contributed by atoms with Crippen LogP contribution in [-0.2, 0) is 4.79 Å². The van der Waals surface area contributed by atoms with Gasteiger partial charge in [-0.05, 0) is 63.8 Å². The standard InChI is InChI=1S/C28H32N6O/c1-18-7-10-23(11-8-18)34-16-25-26(32-34)29-17-30-27(25)33-13-5-6-22(15-33)28(35)31-21(4)24-12-9-19(2)14-20(24)3/h7-12,14,16-17,21-22H,5-6,13,15H2,1-4H3,(H,31,35)/t21-,22+/m0/s1. The summed E-state index contributed by atoms with van der Waals surface area (Å²) in [4.78, 5) is 24.4. The van der Waals surface area contributed by atoms with E-state index in [0.717, 1.165) is 41.8 Å². The summed E-state index contributed by atoms with van der Waals surface area (Å²) in [6.45, 7) is 9.81. The van der Waals surface area contributed by atoms with E-state index in [4.69, 9.17) is 0 Å². The summed E-state index contributed by atoms with van der Waals surface area (Å²) in [6.07, 6.45) is 5.36. The molecule has 0 unspecified atom stereocenters. The first kappa shape index (κ1) is 23.0. The maximum absolute atomic E-state index is 13.2. The van der Waals surface area contributed by atoms with Crippen molar-refractivity contribution in [1.29, 1.82) is 0 Å². The molecular formula is C28H32N6O. The van der Waals surface area contributed by atoms with Crippen molar-refractivity contribution in [3.05, 3.63) is 77.2 Å². The molecule has 3 heterocycles. The van der Waals surface area contributed by atoms with Crippen molar-refractivity contribution in [3.8, 4) is 5.69 Å². The van der Waals surface area contributed by atoms with Gasteiger partial charge in [-0.1, -0.05) is 41.5 Å². The van der Waals surface area contributed by atoms with Crippen LogP contribution in [0.3, 0.4) is 0 Å². The average molecular weight is 469 g/mol. The molecule has 0 aliphatic carbocycles. The third-order valence-corrected chi connectivity index (χ3v) is 6.94. The minimum atomic E-state index is -0.0888. The topological polar surface area (TPSA) is 75.9 Å². The van der Waals surface area contributed by atoms with E-state index in [0.29, 0.717) is 12.2 Å². The Morgan fingerprint density at radius 3 is 2.60 bits per heavy atom. The number of nitrogens with zero attached hydrogens (tertiary/aromatic N) is 5. The minimum absolute atomic E-state index is 0.0306. The zero-order valence-corrected chi connectivity index (χ0v) is 20.8. The number of hydrogen-bond acceptors (Lipinski definition) is 5. The second-order valence-corrected chi connectivity index (χ2v) is 9.72. The molecule has 0 saturated carbocycles. The lowest BCUT2D eigenvalue weighted by Gasteiger charge is -2.33. The molecule has 1 amide bonds. The van der Waals surface area contributed by atoms with E-state index in [1.807, 2.05) is 23.0 Å². The fourth-order valence-corrected chi connectivity index (χ4v) is 5.01. The average Bonchev–Trinajstić information content (AvgIpc) is 3.29. The summed E-state index contributed by atoms with van der Waals surface area (Å²) in [5.74, 6) is 0.852. The molecule has 1 N–H and O–H groups in total. The lowest BCUT2D eigenvalue weighted by molar-refractivity contribution is -0.125. The fraction of sp³-hybridized carbons (Fsp3) is 0.357. The van der Waals surface area contributed by atoms with Gasteiger partial charge in [0.05, 0.1) is 23.0 Å². The van der Waals surface area contributed by atoms with Crippen molar-refractivity contribution in [2.75, 3.05) is 18.0 Å². The molecule has 5 rings (SSSR count). The first-order chi connectivity index (χ1) is 16.9. The predicted octanol–water partition coefficient (Wildman–Crippen LogP) is 4.83. The van der Waals surface area contributed by atoms with Crippen LogP contribution in [0.5, 0.6) is 0 Å². The summed E-state index contributed by atoms with van der Waals surface area (Å²) < 4.78 is 1.85. The zero-order chi connectivity index (χ0) is 24.5. The molecule has 2 aromatic heterocycles. The Morgan fingerprint density at radius 1 is 1.06 bits per heavy atom. The molecule has 4 aromatic rings. The number of rotatable bonds is 5. The van der Waals surface area contributed by atoms with E-state index in [1.165, 1.54) is 16.7 Å². The highest BCUT2D eigenvalue weighted by Crippen LogP contribution is 2.28. The highest BCUT2D eigenvalue weighted by molar-refractivity contribution is 5.87. The van der Waals surface area contributed by atoms with Crippen molar-refractivity contribution in [1.82, 2.24) is 25.1 Å². The quantitative estimate of drug-likeness (QED) is 0.454. The van der Waals surface area contributed by atoms with Gasteiger partial charge in [0.1, 0.15) is 12.1 Å². The molecule has 1 fully saturated rings. The van der Waals surface area contributed by atoms with Crippen LogP contribution in [0.25, 0.3) is 16.7 Å². The zero-order valence-electron chi connectivity index (χ0n) is 20.8. The maximum Gasteiger partial charge on any atom is 0.225 e. The second kappa shape index (κ2) is 9.49. The first-order valence-electron chi connectivity index (χ1n) is 12.3. The Hall–Kier alpha value is -3.74. The molecule has 0 radical (unpaired) electrons. The van der Waals surface area contributed by atoms with Crippen molar-refractivity contribution in [2.45, 2.75) is 46.6 Å². The Labute approximate surface area is 206 Å². The van der Waals surface area contributed by atoms with E-state index in [1.54, 1.807) is 6.33 Å². The number of carbonyl (C=O) groups excluding carboxylic acids is 1. The molecular weight excluding hydrogens is 436 g/mol. The van der Waals surface area contributed by atoms with Crippen molar-refractivity contribution >= 4 is 22.8 Å². The number of fused-ring (bicyclic) bond motifs is 1. The van der Waals surface area contributed by atoms with Crippen LogP contribution in [0.1, 0.15) is 48.1 Å². The highest BCUT2D eigenvalue weighted by atomic mass is 16.2. The Morgan fingerprint density at radius 2 is 1.83 bits per heavy atom. The van der Waals surface area contributed by atoms with E-state index < -0.39 is 0 Å². The van der Waals surface area contributed by atoms with E-state index in [9.17, 15) is 4.79 Å². The summed E-state index contributed by atoms with van der Waals surface area (Å²) >= 11 is 0. The Kier molecular flexibility index (Phi) is 6.24. The van der Waals surface area contributed by atoms with Gasteiger partial charge in [-0.15, -0.1) is 5.10 Å². The molecule has 1 saturated heterocycles. The number of carbonyl (C=O) groups is 1. The van der Waals surface area contributed by atoms with Gasteiger partial charge >= 0.3 is 0 Å². The molecule has 0 spiro atoms. The first-order valence-corrected chi connectivity index (χ1v) is 12.3. The number of nitrogens with one attached hydrogen (secondary N) is 1. The summed E-state index contributed by atoms with van der Waals surface area (Å²) in [5.41, 5.74) is 6.45. The molecule has 35 heavy (non-hydrogen) atoms. The van der Waals surface area contributed by atoms with E-state index in [-0.39, 0.29) is 17.9 Å². The van der Waals surface area contributed by atoms with Gasteiger partial charge in [-0.2, -0.15) is 0 Å². The van der Waals surface area contributed by atoms with Gasteiger partial charge in [0, 0.05) is 19.3 Å². The number of hydrogen-bond donors (Lipinski definition) is 1. The van der Waals surface area contributed by atoms with E-state index in [2.05, 4.69) is 83.3 Å². The van der Waals surface area contributed by atoms with Crippen molar-refractivity contribution in [2.24, 2.45) is 5.92 Å². The molecule has 7 nitrogen and oxygen atoms in total. The number of piperidine rings is 1. The smallest absolute Gasteiger partial charge is 0.225 e. The second-order valence-electron chi connectivity index (χ2n) is 9.72. The van der Waals surface area contributed by atoms with Gasteiger partial charge < -0.3 is 10.2 Å². The van der Waals surface area contributed by atoms with Gasteiger partial charge in [0.15, 0.2) is 5.65 Å². The lowest BCUT2D eigenvalue weighted by atomic mass is 9.95. The summed E-state index contributed by atoms with van der Waals surface area (Å²) in [7, 11) is 0. The summed E-state index contributed by atoms with van der Waals surface area (Å²) in [5, 5.41) is 8.82. The molecule has 7 heteroatoms. The monoisotopic (exact) mass is 468 g/mol. The molecule has 2 aromatic carbocycles. The van der Waals surface area contributed by atoms with Crippen LogP contribution < -0.4 is 10.2 Å². The van der Waals surface area contributed by atoms with Crippen LogP contribution in [-0.4, -0.2) is 38.7 Å². The van der Waals surface area contributed by atoms with Crippen LogP contribution in [0.15, 0.2) is 55.0 Å². The number of aromatic nitrogens is 4. The Balaban J connectivity index is 1.34. The van der Waals surface area contributed by atoms with E-state index >= 15 is 0 Å². The molecule has 0 bridgehead atoms. The predicted molar refractivity (Wildman–Crippen MR) is 139 cm³/mol. The minimum Gasteiger partial charge on any atom is -0.355 e. The molecule has 1 aliphatic rings. The highest BCUT2D eigenvalue weighted by Gasteiger charge is 2.29. The lowest BCUT2D eigenvalue weighted by Crippen LogP contribution is -2.44. The van der Waals surface area contributed by atoms with Gasteiger partial charge in [-0.3, -0.25) is 4.79 Å². The number of aryl methyl sites for hydroxylation is 3. The normalized spacial score (nSPS) is 16.9. The van der Waals surface area contributed by atoms with Gasteiger partial charge in [0.2, 0.25) is 5.91 Å². The van der Waals surface area contributed by atoms with Crippen LogP contribution in [0.4, 0.5) is 5.82 Å². The number of anilines is 1. The van der Waals surface area contributed by atoms with Crippen LogP contribution in [0, 0.1) is 26.7 Å². The molecule has 1 aliphatic heterocycles. The van der Waals surface area contributed by atoms with Crippen molar-refractivity contribution in [3.63, 3.8) is 0 Å². The van der Waals surface area contributed by atoms with Crippen LogP contribution >= 0.6 is 0 Å². The van der Waals surface area contributed by atoms with Gasteiger partial charge in [-0.25, -0.2) is 14.6 Å². The maximum atomic E-state index is 13.2. The third kappa shape index (κ3) is 4.76. The largest absolute Gasteiger partial charge is 0.355 e. The number of amides is 1. The fourth-order valence-electron chi connectivity index (χ4n) is 5.01. The van der Waals surface area contributed by atoms with Gasteiger partial charge in [0.25, 0.3) is 0 Å². The number of benzene rings is 2. The SMILES string of the molecule is Cc1ccc(-n2cc3c(N4CCC[C@@H](C(=O)N[C@@H](C)c5ccc(C)cc5C)C4)ncnc3n2)cc1. The molecule has 180 valence electrons. The molecule has 2 atom stereocenters. The third-order valence-electron chi connectivity index (χ3n) is 6.94.